The number of hydrogen-bond donors (Lipinski definition) is 0. The molecule has 4 rings (SSSR count). The molecule has 0 N–H and O–H groups in total. The Morgan fingerprint density at radius 1 is 0.963 bits per heavy atom. The Kier molecular flexibility index (Phi) is 4.86. The average molecular weight is 438 g/mol. The van der Waals surface area contributed by atoms with Gasteiger partial charge >= 0.3 is 178 Å². The van der Waals surface area contributed by atoms with Crippen molar-refractivity contribution in [3.05, 3.63) is 62.8 Å². The van der Waals surface area contributed by atoms with Crippen LogP contribution in [0.15, 0.2) is 40.5 Å². The maximum absolute atomic E-state index is 2.65. The summed E-state index contributed by atoms with van der Waals surface area (Å²) in [6, 6.07) is 5.17. The van der Waals surface area contributed by atoms with E-state index in [4.69, 9.17) is 0 Å². The first kappa shape index (κ1) is 19.6. The van der Waals surface area contributed by atoms with Gasteiger partial charge in [-0.1, -0.05) is 0 Å². The van der Waals surface area contributed by atoms with E-state index >= 15 is 0 Å². The van der Waals surface area contributed by atoms with E-state index in [9.17, 15) is 0 Å². The van der Waals surface area contributed by atoms with Gasteiger partial charge in [-0.3, -0.25) is 0 Å². The van der Waals surface area contributed by atoms with Gasteiger partial charge in [-0.05, 0) is 0 Å². The fourth-order valence-electron chi connectivity index (χ4n) is 5.70. The minimum absolute atomic E-state index is 0.340. The molecule has 3 aliphatic carbocycles. The number of rotatable bonds is 4. The Morgan fingerprint density at radius 2 is 1.56 bits per heavy atom. The molecule has 1 aromatic rings. The van der Waals surface area contributed by atoms with E-state index in [1.807, 2.05) is 0 Å². The van der Waals surface area contributed by atoms with Crippen molar-refractivity contribution in [3.63, 3.8) is 0 Å². The summed E-state index contributed by atoms with van der Waals surface area (Å²) in [5.41, 5.74) is 12.9. The number of hydrogen-bond acceptors (Lipinski definition) is 0. The van der Waals surface area contributed by atoms with Crippen LogP contribution < -0.4 is 0 Å². The zero-order chi connectivity index (χ0) is 19.6. The molecule has 0 aliphatic heterocycles. The summed E-state index contributed by atoms with van der Waals surface area (Å²) in [7, 11) is 0. The summed E-state index contributed by atoms with van der Waals surface area (Å²) in [6.07, 6.45) is 10.4. The van der Waals surface area contributed by atoms with Crippen LogP contribution in [0.5, 0.6) is 0 Å². The second-order valence-corrected chi connectivity index (χ2v) is 15.0. The van der Waals surface area contributed by atoms with Crippen LogP contribution in [0.3, 0.4) is 0 Å². The van der Waals surface area contributed by atoms with Crippen molar-refractivity contribution >= 4 is 6.08 Å². The molecular formula is C26H34Zr. The molecule has 0 amide bonds. The topological polar surface area (TPSA) is 0 Å². The van der Waals surface area contributed by atoms with Crippen LogP contribution in [0, 0.1) is 5.92 Å². The van der Waals surface area contributed by atoms with Crippen LogP contribution in [0.25, 0.3) is 6.08 Å². The third-order valence-electron chi connectivity index (χ3n) is 7.68. The summed E-state index contributed by atoms with van der Waals surface area (Å²) in [4.78, 5) is 0. The Hall–Kier alpha value is -0.677. The molecular weight excluding hydrogens is 404 g/mol. The summed E-state index contributed by atoms with van der Waals surface area (Å²) in [5, 5.41) is 0. The van der Waals surface area contributed by atoms with E-state index in [1.165, 1.54) is 31.2 Å². The van der Waals surface area contributed by atoms with E-state index in [2.05, 4.69) is 72.8 Å². The zero-order valence-corrected chi connectivity index (χ0v) is 20.7. The molecule has 3 aliphatic rings. The van der Waals surface area contributed by atoms with Gasteiger partial charge < -0.3 is 0 Å². The Balaban J connectivity index is 1.83. The van der Waals surface area contributed by atoms with Crippen molar-refractivity contribution < 1.29 is 23.2 Å². The quantitative estimate of drug-likeness (QED) is 0.460. The van der Waals surface area contributed by atoms with Gasteiger partial charge in [0.15, 0.2) is 0 Å². The monoisotopic (exact) mass is 436 g/mol. The van der Waals surface area contributed by atoms with Gasteiger partial charge in [0, 0.05) is 0 Å². The first-order chi connectivity index (χ1) is 12.7. The van der Waals surface area contributed by atoms with Crippen LogP contribution in [0.1, 0.15) is 83.6 Å². The summed E-state index contributed by atoms with van der Waals surface area (Å²) < 4.78 is 0.685. The SMILES string of the molecule is CC1=C(C)[C](C)([Zr][C]2(CC(C)C)C=Cc3cc4c(cc32)CCC4)C(C)=C1C. The van der Waals surface area contributed by atoms with E-state index in [1.54, 1.807) is 39.0 Å². The van der Waals surface area contributed by atoms with E-state index < -0.39 is 23.2 Å². The van der Waals surface area contributed by atoms with E-state index in [-0.39, 0.29) is 0 Å². The van der Waals surface area contributed by atoms with Crippen molar-refractivity contribution in [3.8, 4) is 0 Å². The second-order valence-electron chi connectivity index (χ2n) is 9.71. The number of allylic oxidation sites excluding steroid dienone is 5. The molecule has 0 radical (unpaired) electrons. The standard InChI is InChI=1S/C16H19.C10H15.Zr/c1-11(2)8-14-6-7-15-9-12-4-3-5-13(12)10-16(14)15;1-6-7(2)9(4)10(5)8(6)3;/h6-7,9-11H,3-5,8H2,1-2H3;1-5H3;. The van der Waals surface area contributed by atoms with Gasteiger partial charge in [-0.15, -0.1) is 0 Å². The fourth-order valence-corrected chi connectivity index (χ4v) is 12.3. The molecule has 27 heavy (non-hydrogen) atoms. The Labute approximate surface area is 177 Å². The molecule has 0 fully saturated rings. The van der Waals surface area contributed by atoms with Crippen molar-refractivity contribution in [2.24, 2.45) is 5.92 Å². The number of aryl methyl sites for hydroxylation is 2. The molecule has 0 bridgehead atoms. The average Bonchev–Trinajstić information content (AvgIpc) is 3.24. The predicted octanol–water partition coefficient (Wildman–Crippen LogP) is 7.39. The normalized spacial score (nSPS) is 25.6. The van der Waals surface area contributed by atoms with Crippen LogP contribution >= 0.6 is 0 Å². The zero-order valence-electron chi connectivity index (χ0n) is 18.2. The number of fused-ring (bicyclic) bond motifs is 2. The molecule has 0 heterocycles. The minimum atomic E-state index is -0.841. The van der Waals surface area contributed by atoms with Crippen LogP contribution in [-0.4, -0.2) is 0 Å². The molecule has 1 atom stereocenters. The van der Waals surface area contributed by atoms with Gasteiger partial charge in [-0.2, -0.15) is 0 Å². The fraction of sp³-hybridized carbons (Fsp3) is 0.538. The first-order valence-electron chi connectivity index (χ1n) is 10.7. The van der Waals surface area contributed by atoms with Crippen molar-refractivity contribution in [2.75, 3.05) is 0 Å². The van der Waals surface area contributed by atoms with E-state index in [0.29, 0.717) is 6.25 Å². The summed E-state index contributed by atoms with van der Waals surface area (Å²) >= 11 is -0.841. The van der Waals surface area contributed by atoms with Gasteiger partial charge in [0.1, 0.15) is 0 Å². The van der Waals surface area contributed by atoms with Gasteiger partial charge in [-0.25, -0.2) is 0 Å². The maximum atomic E-state index is 2.65. The van der Waals surface area contributed by atoms with Crippen molar-refractivity contribution in [2.45, 2.75) is 80.4 Å². The molecule has 0 saturated carbocycles. The second kappa shape index (κ2) is 6.69. The summed E-state index contributed by atoms with van der Waals surface area (Å²) in [6.45, 7) is 16.9. The third kappa shape index (κ3) is 2.95. The van der Waals surface area contributed by atoms with Gasteiger partial charge in [0.2, 0.25) is 0 Å². The Bertz CT molecular complexity index is 869. The van der Waals surface area contributed by atoms with E-state index in [0.717, 1.165) is 5.92 Å². The van der Waals surface area contributed by atoms with Crippen molar-refractivity contribution in [1.82, 2.24) is 0 Å². The molecule has 1 aromatic carbocycles. The number of benzene rings is 1. The van der Waals surface area contributed by atoms with Crippen LogP contribution in [0.4, 0.5) is 0 Å². The molecule has 1 unspecified atom stereocenters. The van der Waals surface area contributed by atoms with Crippen molar-refractivity contribution in [1.29, 1.82) is 0 Å². The van der Waals surface area contributed by atoms with Gasteiger partial charge in [0.05, 0.1) is 0 Å². The molecule has 0 spiro atoms. The molecule has 0 aromatic heterocycles. The summed E-state index contributed by atoms with van der Waals surface area (Å²) in [5.74, 6) is 0.732. The van der Waals surface area contributed by atoms with Crippen LogP contribution in [0.2, 0.25) is 3.12 Å². The molecule has 1 heteroatoms. The Morgan fingerprint density at radius 3 is 2.15 bits per heavy atom. The third-order valence-corrected chi connectivity index (χ3v) is 13.4. The molecule has 142 valence electrons. The van der Waals surface area contributed by atoms with Crippen LogP contribution in [-0.2, 0) is 39.2 Å². The molecule has 0 nitrogen and oxygen atoms in total. The van der Waals surface area contributed by atoms with Gasteiger partial charge in [0.25, 0.3) is 0 Å². The predicted molar refractivity (Wildman–Crippen MR) is 114 cm³/mol. The first-order valence-corrected chi connectivity index (χ1v) is 13.1. The molecule has 0 saturated heterocycles.